The fraction of sp³-hybridized carbons (Fsp3) is 0.308. The molecule has 0 amide bonds. The summed E-state index contributed by atoms with van der Waals surface area (Å²) < 4.78 is 12.9. The molecule has 1 unspecified atom stereocenters. The number of alkyl halides is 1. The lowest BCUT2D eigenvalue weighted by Gasteiger charge is -2.13. The zero-order valence-electron chi connectivity index (χ0n) is 9.49. The van der Waals surface area contributed by atoms with Crippen molar-refractivity contribution >= 4 is 27.3 Å². The number of aryl methyl sites for hydroxylation is 1. The van der Waals surface area contributed by atoms with Crippen LogP contribution in [0.4, 0.5) is 4.39 Å². The fourth-order valence-corrected chi connectivity index (χ4v) is 3.22. The first kappa shape index (κ1) is 12.7. The van der Waals surface area contributed by atoms with Crippen LogP contribution in [0.15, 0.2) is 30.5 Å². The van der Waals surface area contributed by atoms with Crippen LogP contribution >= 0.6 is 27.3 Å². The summed E-state index contributed by atoms with van der Waals surface area (Å²) in [5, 5.41) is 1.96. The molecule has 2 rings (SSSR count). The van der Waals surface area contributed by atoms with Gasteiger partial charge in [-0.15, -0.1) is 11.3 Å². The van der Waals surface area contributed by atoms with Gasteiger partial charge in [0, 0.05) is 16.4 Å². The average molecular weight is 314 g/mol. The Balaban J connectivity index is 2.13. The van der Waals surface area contributed by atoms with E-state index in [-0.39, 0.29) is 5.82 Å². The lowest BCUT2D eigenvalue weighted by Crippen LogP contribution is -2.03. The second-order valence-corrected chi connectivity index (χ2v) is 5.92. The van der Waals surface area contributed by atoms with E-state index in [9.17, 15) is 4.39 Å². The number of hydrogen-bond acceptors (Lipinski definition) is 2. The maximum Gasteiger partial charge on any atom is 0.123 e. The highest BCUT2D eigenvalue weighted by Gasteiger charge is 2.12. The first-order valence-corrected chi connectivity index (χ1v) is 7.35. The van der Waals surface area contributed by atoms with Crippen molar-refractivity contribution in [2.45, 2.75) is 19.3 Å². The minimum atomic E-state index is -0.185. The Hall–Kier alpha value is -0.740. The monoisotopic (exact) mass is 313 g/mol. The van der Waals surface area contributed by atoms with E-state index >= 15 is 0 Å². The zero-order valence-corrected chi connectivity index (χ0v) is 11.9. The molecule has 0 radical (unpaired) electrons. The molecule has 1 atom stereocenters. The summed E-state index contributed by atoms with van der Waals surface area (Å²) in [5.74, 6) is 0.186. The van der Waals surface area contributed by atoms with Gasteiger partial charge in [0.05, 0.1) is 5.01 Å². The van der Waals surface area contributed by atoms with Crippen LogP contribution in [0.5, 0.6) is 0 Å². The molecule has 1 aromatic heterocycles. The Morgan fingerprint density at radius 2 is 2.06 bits per heavy atom. The quantitative estimate of drug-likeness (QED) is 0.766. The van der Waals surface area contributed by atoms with Gasteiger partial charge in [-0.3, -0.25) is 0 Å². The summed E-state index contributed by atoms with van der Waals surface area (Å²) in [4.78, 5) is 5.53. The van der Waals surface area contributed by atoms with E-state index in [1.165, 1.54) is 17.0 Å². The summed E-state index contributed by atoms with van der Waals surface area (Å²) in [6, 6.07) is 6.75. The molecule has 17 heavy (non-hydrogen) atoms. The maximum absolute atomic E-state index is 12.9. The fourth-order valence-electron chi connectivity index (χ4n) is 1.74. The molecule has 4 heteroatoms. The molecular formula is C13H13BrFNS. The summed E-state index contributed by atoms with van der Waals surface area (Å²) in [7, 11) is 0. The lowest BCUT2D eigenvalue weighted by molar-refractivity contribution is 0.625. The SMILES string of the molecule is Cc1ncc(CC(CBr)c2ccc(F)cc2)s1. The van der Waals surface area contributed by atoms with E-state index in [1.54, 1.807) is 11.3 Å². The summed E-state index contributed by atoms with van der Waals surface area (Å²) in [6.45, 7) is 2.01. The molecule has 0 fully saturated rings. The Bertz CT molecular complexity index is 480. The third-order valence-electron chi connectivity index (χ3n) is 2.64. The highest BCUT2D eigenvalue weighted by molar-refractivity contribution is 9.09. The number of thiazole rings is 1. The van der Waals surface area contributed by atoms with Crippen molar-refractivity contribution in [3.63, 3.8) is 0 Å². The molecule has 2 aromatic rings. The van der Waals surface area contributed by atoms with E-state index in [4.69, 9.17) is 0 Å². The van der Waals surface area contributed by atoms with Crippen molar-refractivity contribution in [2.75, 3.05) is 5.33 Å². The van der Waals surface area contributed by atoms with E-state index in [0.717, 1.165) is 22.3 Å². The van der Waals surface area contributed by atoms with Gasteiger partial charge in [0.15, 0.2) is 0 Å². The van der Waals surface area contributed by atoms with Crippen molar-refractivity contribution in [3.05, 3.63) is 51.7 Å². The van der Waals surface area contributed by atoms with Crippen LogP contribution in [0.2, 0.25) is 0 Å². The van der Waals surface area contributed by atoms with Crippen molar-refractivity contribution in [1.29, 1.82) is 0 Å². The third kappa shape index (κ3) is 3.36. The van der Waals surface area contributed by atoms with E-state index in [2.05, 4.69) is 20.9 Å². The number of nitrogens with zero attached hydrogens (tertiary/aromatic N) is 1. The van der Waals surface area contributed by atoms with Crippen LogP contribution in [0.25, 0.3) is 0 Å². The van der Waals surface area contributed by atoms with E-state index in [0.29, 0.717) is 5.92 Å². The van der Waals surface area contributed by atoms with Gasteiger partial charge in [-0.05, 0) is 37.0 Å². The number of hydrogen-bond donors (Lipinski definition) is 0. The second kappa shape index (κ2) is 5.74. The summed E-state index contributed by atoms with van der Waals surface area (Å²) in [6.07, 6.45) is 2.88. The molecule has 0 aliphatic heterocycles. The van der Waals surface area contributed by atoms with Crippen molar-refractivity contribution < 1.29 is 4.39 Å². The largest absolute Gasteiger partial charge is 0.250 e. The van der Waals surface area contributed by atoms with Gasteiger partial charge in [-0.1, -0.05) is 28.1 Å². The van der Waals surface area contributed by atoms with Crippen LogP contribution in [0, 0.1) is 12.7 Å². The first-order chi connectivity index (χ1) is 8.19. The minimum Gasteiger partial charge on any atom is -0.250 e. The third-order valence-corrected chi connectivity index (χ3v) is 4.36. The number of halogens is 2. The molecule has 90 valence electrons. The molecule has 1 nitrogen and oxygen atoms in total. The summed E-state index contributed by atoms with van der Waals surface area (Å²) in [5.41, 5.74) is 1.16. The van der Waals surface area contributed by atoms with Crippen LogP contribution < -0.4 is 0 Å². The smallest absolute Gasteiger partial charge is 0.123 e. The zero-order chi connectivity index (χ0) is 12.3. The molecule has 1 heterocycles. The van der Waals surface area contributed by atoms with Crippen LogP contribution in [-0.2, 0) is 6.42 Å². The Labute approximate surface area is 113 Å². The molecule has 0 aliphatic carbocycles. The summed E-state index contributed by atoms with van der Waals surface area (Å²) >= 11 is 5.25. The molecule has 1 aromatic carbocycles. The number of benzene rings is 1. The Morgan fingerprint density at radius 3 is 2.59 bits per heavy atom. The normalized spacial score (nSPS) is 12.6. The standard InChI is InChI=1S/C13H13BrFNS/c1-9-16-8-13(17-9)6-11(7-14)10-2-4-12(15)5-3-10/h2-5,8,11H,6-7H2,1H3. The van der Waals surface area contributed by atoms with Crippen LogP contribution in [0.3, 0.4) is 0 Å². The average Bonchev–Trinajstić information content (AvgIpc) is 2.73. The van der Waals surface area contributed by atoms with E-state index in [1.807, 2.05) is 25.3 Å². The molecule has 0 spiro atoms. The van der Waals surface area contributed by atoms with Gasteiger partial charge < -0.3 is 0 Å². The van der Waals surface area contributed by atoms with Crippen molar-refractivity contribution in [1.82, 2.24) is 4.98 Å². The highest BCUT2D eigenvalue weighted by atomic mass is 79.9. The second-order valence-electron chi connectivity index (χ2n) is 3.95. The van der Waals surface area contributed by atoms with Crippen LogP contribution in [-0.4, -0.2) is 10.3 Å². The predicted molar refractivity (Wildman–Crippen MR) is 73.5 cm³/mol. The maximum atomic E-state index is 12.9. The van der Waals surface area contributed by atoms with Crippen molar-refractivity contribution in [3.8, 4) is 0 Å². The minimum absolute atomic E-state index is 0.185. The molecule has 0 bridgehead atoms. The van der Waals surface area contributed by atoms with Crippen LogP contribution in [0.1, 0.15) is 21.4 Å². The molecule has 0 N–H and O–H groups in total. The molecule has 0 aliphatic rings. The number of aromatic nitrogens is 1. The molecule has 0 saturated carbocycles. The Morgan fingerprint density at radius 1 is 1.35 bits per heavy atom. The van der Waals surface area contributed by atoms with Gasteiger partial charge in [-0.25, -0.2) is 9.37 Å². The Kier molecular flexibility index (Phi) is 4.29. The highest BCUT2D eigenvalue weighted by Crippen LogP contribution is 2.25. The van der Waals surface area contributed by atoms with E-state index < -0.39 is 0 Å². The van der Waals surface area contributed by atoms with Gasteiger partial charge in [-0.2, -0.15) is 0 Å². The van der Waals surface area contributed by atoms with Gasteiger partial charge >= 0.3 is 0 Å². The first-order valence-electron chi connectivity index (χ1n) is 5.42. The lowest BCUT2D eigenvalue weighted by atomic mass is 9.97. The van der Waals surface area contributed by atoms with Gasteiger partial charge in [0.25, 0.3) is 0 Å². The van der Waals surface area contributed by atoms with Gasteiger partial charge in [0.2, 0.25) is 0 Å². The topological polar surface area (TPSA) is 12.9 Å². The molecular weight excluding hydrogens is 301 g/mol. The van der Waals surface area contributed by atoms with Crippen molar-refractivity contribution in [2.24, 2.45) is 0 Å². The number of rotatable bonds is 4. The molecule has 0 saturated heterocycles. The predicted octanol–water partition coefficient (Wildman–Crippen LogP) is 4.31. The van der Waals surface area contributed by atoms with Gasteiger partial charge in [0.1, 0.15) is 5.82 Å².